The van der Waals surface area contributed by atoms with Crippen molar-refractivity contribution in [3.63, 3.8) is 0 Å². The molecule has 1 aliphatic rings. The molecular formula is C14H21N5O. The summed E-state index contributed by atoms with van der Waals surface area (Å²) in [7, 11) is 3.85. The summed E-state index contributed by atoms with van der Waals surface area (Å²) in [6.07, 6.45) is 0.894. The molecular weight excluding hydrogens is 254 g/mol. The first kappa shape index (κ1) is 13.3. The molecule has 0 N–H and O–H groups in total. The van der Waals surface area contributed by atoms with Gasteiger partial charge in [0, 0.05) is 39.1 Å². The van der Waals surface area contributed by atoms with Crippen molar-refractivity contribution >= 4 is 5.65 Å². The molecule has 0 unspecified atom stereocenters. The number of fused-ring (bicyclic) bond motifs is 1. The predicted octanol–water partition coefficient (Wildman–Crippen LogP) is 0.528. The number of nitrogens with zero attached hydrogens (tertiary/aromatic N) is 5. The maximum Gasteiger partial charge on any atom is 0.200 e. The number of hydrogen-bond acceptors (Lipinski definition) is 5. The van der Waals surface area contributed by atoms with Gasteiger partial charge < -0.3 is 14.5 Å². The van der Waals surface area contributed by atoms with Gasteiger partial charge in [0.15, 0.2) is 5.65 Å². The molecule has 6 heteroatoms. The standard InChI is InChI=1S/C14H21N5O/c1-17-8-10-18(11-9-17)7-6-13-16-15-12-4-3-5-14(20-2)19(12)13/h3-5H,6-11H2,1-2H3. The van der Waals surface area contributed by atoms with Gasteiger partial charge in [0.25, 0.3) is 0 Å². The lowest BCUT2D eigenvalue weighted by Gasteiger charge is -2.32. The average molecular weight is 275 g/mol. The molecule has 20 heavy (non-hydrogen) atoms. The molecule has 2 aromatic rings. The third-order valence-corrected chi connectivity index (χ3v) is 3.92. The van der Waals surface area contributed by atoms with Crippen LogP contribution in [0.1, 0.15) is 5.82 Å². The van der Waals surface area contributed by atoms with Gasteiger partial charge in [0.1, 0.15) is 5.82 Å². The fraction of sp³-hybridized carbons (Fsp3) is 0.571. The van der Waals surface area contributed by atoms with Crippen molar-refractivity contribution in [3.05, 3.63) is 24.0 Å². The Morgan fingerprint density at radius 2 is 1.95 bits per heavy atom. The van der Waals surface area contributed by atoms with Crippen LogP contribution < -0.4 is 4.74 Å². The third kappa shape index (κ3) is 2.62. The summed E-state index contributed by atoms with van der Waals surface area (Å²) in [5, 5.41) is 8.51. The maximum atomic E-state index is 5.40. The first-order valence-electron chi connectivity index (χ1n) is 7.06. The molecule has 0 aliphatic carbocycles. The smallest absolute Gasteiger partial charge is 0.200 e. The van der Waals surface area contributed by atoms with Gasteiger partial charge in [-0.3, -0.25) is 0 Å². The Balaban J connectivity index is 1.71. The van der Waals surface area contributed by atoms with Crippen molar-refractivity contribution in [1.29, 1.82) is 0 Å². The van der Waals surface area contributed by atoms with E-state index in [1.54, 1.807) is 7.11 Å². The van der Waals surface area contributed by atoms with Crippen molar-refractivity contribution in [2.45, 2.75) is 6.42 Å². The van der Waals surface area contributed by atoms with Crippen LogP contribution in [-0.4, -0.2) is 71.3 Å². The maximum absolute atomic E-state index is 5.40. The molecule has 6 nitrogen and oxygen atoms in total. The van der Waals surface area contributed by atoms with Gasteiger partial charge in [-0.1, -0.05) is 6.07 Å². The van der Waals surface area contributed by atoms with Crippen LogP contribution >= 0.6 is 0 Å². The van der Waals surface area contributed by atoms with Crippen LogP contribution in [0, 0.1) is 0 Å². The van der Waals surface area contributed by atoms with Crippen LogP contribution in [0.3, 0.4) is 0 Å². The Kier molecular flexibility index (Phi) is 3.84. The first-order chi connectivity index (χ1) is 9.78. The van der Waals surface area contributed by atoms with Crippen molar-refractivity contribution < 1.29 is 4.74 Å². The molecule has 2 aromatic heterocycles. The van der Waals surface area contributed by atoms with Crippen molar-refractivity contribution in [1.82, 2.24) is 24.4 Å². The molecule has 0 saturated carbocycles. The molecule has 0 radical (unpaired) electrons. The van der Waals surface area contributed by atoms with E-state index < -0.39 is 0 Å². The lowest BCUT2D eigenvalue weighted by atomic mass is 10.3. The van der Waals surface area contributed by atoms with E-state index >= 15 is 0 Å². The summed E-state index contributed by atoms with van der Waals surface area (Å²) in [6.45, 7) is 5.56. The summed E-state index contributed by atoms with van der Waals surface area (Å²) in [5.41, 5.74) is 0.845. The van der Waals surface area contributed by atoms with E-state index in [0.717, 1.165) is 56.5 Å². The minimum absolute atomic E-state index is 0.792. The second kappa shape index (κ2) is 5.76. The first-order valence-corrected chi connectivity index (χ1v) is 7.06. The summed E-state index contributed by atoms with van der Waals surface area (Å²) in [6, 6.07) is 5.83. The van der Waals surface area contributed by atoms with Gasteiger partial charge >= 0.3 is 0 Å². The Bertz CT molecular complexity index is 574. The van der Waals surface area contributed by atoms with E-state index in [1.807, 2.05) is 22.6 Å². The fourth-order valence-corrected chi connectivity index (χ4v) is 2.62. The normalized spacial score (nSPS) is 17.7. The van der Waals surface area contributed by atoms with Crippen LogP contribution in [0.5, 0.6) is 5.88 Å². The number of likely N-dealkylation sites (N-methyl/N-ethyl adjacent to an activating group) is 1. The zero-order valence-corrected chi connectivity index (χ0v) is 12.1. The molecule has 3 heterocycles. The van der Waals surface area contributed by atoms with Crippen LogP contribution in [-0.2, 0) is 6.42 Å². The summed E-state index contributed by atoms with van der Waals surface area (Å²) in [4.78, 5) is 4.85. The highest BCUT2D eigenvalue weighted by Crippen LogP contribution is 2.15. The second-order valence-corrected chi connectivity index (χ2v) is 5.27. The lowest BCUT2D eigenvalue weighted by molar-refractivity contribution is 0.155. The number of rotatable bonds is 4. The Morgan fingerprint density at radius 3 is 2.70 bits per heavy atom. The topological polar surface area (TPSA) is 45.9 Å². The highest BCUT2D eigenvalue weighted by Gasteiger charge is 2.15. The molecule has 3 rings (SSSR count). The van der Waals surface area contributed by atoms with Gasteiger partial charge in [0.2, 0.25) is 5.88 Å². The molecule has 1 saturated heterocycles. The van der Waals surface area contributed by atoms with Crippen molar-refractivity contribution in [2.24, 2.45) is 0 Å². The van der Waals surface area contributed by atoms with Crippen LogP contribution in [0.25, 0.3) is 5.65 Å². The quantitative estimate of drug-likeness (QED) is 0.814. The molecule has 1 aliphatic heterocycles. The fourth-order valence-electron chi connectivity index (χ4n) is 2.62. The Morgan fingerprint density at radius 1 is 1.15 bits per heavy atom. The molecule has 1 fully saturated rings. The number of methoxy groups -OCH3 is 1. The second-order valence-electron chi connectivity index (χ2n) is 5.27. The predicted molar refractivity (Wildman–Crippen MR) is 77.2 cm³/mol. The van der Waals surface area contributed by atoms with Crippen molar-refractivity contribution in [3.8, 4) is 5.88 Å². The molecule has 0 aromatic carbocycles. The molecule has 0 bridgehead atoms. The Hall–Kier alpha value is -1.66. The van der Waals surface area contributed by atoms with E-state index in [2.05, 4.69) is 27.0 Å². The van der Waals surface area contributed by atoms with E-state index in [0.29, 0.717) is 0 Å². The molecule has 0 atom stereocenters. The largest absolute Gasteiger partial charge is 0.482 e. The third-order valence-electron chi connectivity index (χ3n) is 3.92. The molecule has 0 spiro atoms. The summed E-state index contributed by atoms with van der Waals surface area (Å²) in [5.74, 6) is 1.76. The number of pyridine rings is 1. The van der Waals surface area contributed by atoms with Gasteiger partial charge in [-0.05, 0) is 19.2 Å². The highest BCUT2D eigenvalue weighted by molar-refractivity contribution is 5.42. The van der Waals surface area contributed by atoms with Gasteiger partial charge in [0.05, 0.1) is 7.11 Å². The van der Waals surface area contributed by atoms with Gasteiger partial charge in [-0.2, -0.15) is 0 Å². The summed E-state index contributed by atoms with van der Waals surface area (Å²) >= 11 is 0. The highest BCUT2D eigenvalue weighted by atomic mass is 16.5. The number of ether oxygens (including phenoxy) is 1. The van der Waals surface area contributed by atoms with Gasteiger partial charge in [-0.15, -0.1) is 10.2 Å². The molecule has 108 valence electrons. The SMILES string of the molecule is COc1cccc2nnc(CCN3CCN(C)CC3)n12. The minimum Gasteiger partial charge on any atom is -0.482 e. The van der Waals surface area contributed by atoms with E-state index in [-0.39, 0.29) is 0 Å². The average Bonchev–Trinajstić information content (AvgIpc) is 2.90. The number of aromatic nitrogens is 3. The van der Waals surface area contributed by atoms with Crippen LogP contribution in [0.2, 0.25) is 0 Å². The Labute approximate surface area is 119 Å². The number of hydrogen-bond donors (Lipinski definition) is 0. The van der Waals surface area contributed by atoms with Crippen molar-refractivity contribution in [2.75, 3.05) is 46.9 Å². The summed E-state index contributed by atoms with van der Waals surface area (Å²) < 4.78 is 7.39. The number of piperazine rings is 1. The minimum atomic E-state index is 0.792. The van der Waals surface area contributed by atoms with E-state index in [9.17, 15) is 0 Å². The van der Waals surface area contributed by atoms with Crippen LogP contribution in [0.4, 0.5) is 0 Å². The van der Waals surface area contributed by atoms with E-state index in [4.69, 9.17) is 4.74 Å². The van der Waals surface area contributed by atoms with Gasteiger partial charge in [-0.25, -0.2) is 4.40 Å². The zero-order valence-electron chi connectivity index (χ0n) is 12.1. The monoisotopic (exact) mass is 275 g/mol. The molecule has 0 amide bonds. The van der Waals surface area contributed by atoms with E-state index in [1.165, 1.54) is 0 Å². The lowest BCUT2D eigenvalue weighted by Crippen LogP contribution is -2.45. The zero-order chi connectivity index (χ0) is 13.9. The van der Waals surface area contributed by atoms with Crippen LogP contribution in [0.15, 0.2) is 18.2 Å².